The molecule has 1 saturated carbocycles. The minimum Gasteiger partial charge on any atom is -0.349 e. The summed E-state index contributed by atoms with van der Waals surface area (Å²) in [4.78, 5) is 12.6. The Bertz CT molecular complexity index is 760. The number of nitrogens with two attached hydrogens (primary N) is 1. The largest absolute Gasteiger partial charge is 0.349 e. The fourth-order valence-electron chi connectivity index (χ4n) is 3.18. The summed E-state index contributed by atoms with van der Waals surface area (Å²) in [6, 6.07) is 6.07. The van der Waals surface area contributed by atoms with Crippen molar-refractivity contribution in [3.63, 3.8) is 0 Å². The third-order valence-electron chi connectivity index (χ3n) is 4.77. The third kappa shape index (κ3) is 3.87. The summed E-state index contributed by atoms with van der Waals surface area (Å²) in [6.07, 6.45) is 2.16. The number of hydrogen-bond donors (Lipinski definition) is 2. The lowest BCUT2D eigenvalue weighted by atomic mass is 10.1. The monoisotopic (exact) mass is 350 g/mol. The van der Waals surface area contributed by atoms with Gasteiger partial charge in [0.2, 0.25) is 15.9 Å². The summed E-state index contributed by atoms with van der Waals surface area (Å²) in [7, 11) is -3.70. The van der Waals surface area contributed by atoms with Crippen LogP contribution in [0.3, 0.4) is 0 Å². The first kappa shape index (κ1) is 18.7. The van der Waals surface area contributed by atoms with Crippen LogP contribution in [0.4, 0.5) is 0 Å². The van der Waals surface area contributed by atoms with Gasteiger partial charge in [0.15, 0.2) is 0 Å². The molecular formula is C18H26N2O3S. The molecule has 3 atom stereocenters. The van der Waals surface area contributed by atoms with Crippen LogP contribution in [0.2, 0.25) is 0 Å². The van der Waals surface area contributed by atoms with Crippen LogP contribution >= 0.6 is 0 Å². The van der Waals surface area contributed by atoms with E-state index >= 15 is 0 Å². The van der Waals surface area contributed by atoms with E-state index in [0.717, 1.165) is 5.56 Å². The molecule has 1 fully saturated rings. The second-order valence-corrected chi connectivity index (χ2v) is 8.97. The molecule has 0 heterocycles. The van der Waals surface area contributed by atoms with Gasteiger partial charge in [0.25, 0.3) is 0 Å². The smallest absolute Gasteiger partial charge is 0.238 e. The van der Waals surface area contributed by atoms with Gasteiger partial charge in [-0.1, -0.05) is 37.6 Å². The summed E-state index contributed by atoms with van der Waals surface area (Å²) < 4.78 is 22.6. The molecule has 0 aromatic heterocycles. The summed E-state index contributed by atoms with van der Waals surface area (Å²) >= 11 is 0. The number of allylic oxidation sites excluding steroid dienone is 2. The Kier molecular flexibility index (Phi) is 4.93. The van der Waals surface area contributed by atoms with Crippen molar-refractivity contribution >= 4 is 15.9 Å². The van der Waals surface area contributed by atoms with Crippen molar-refractivity contribution in [2.75, 3.05) is 0 Å². The Labute approximate surface area is 144 Å². The SMILES string of the molecule is CC(C)=C[C@@H]1[C@@H](C(=O)N[C@@H](C)c2ccc(S(N)(=O)=O)cc2)C1(C)C. The third-order valence-corrected chi connectivity index (χ3v) is 5.70. The highest BCUT2D eigenvalue weighted by molar-refractivity contribution is 7.89. The molecule has 1 aliphatic carbocycles. The molecule has 1 amide bonds. The topological polar surface area (TPSA) is 89.3 Å². The van der Waals surface area contributed by atoms with Crippen LogP contribution in [0.5, 0.6) is 0 Å². The molecule has 0 spiro atoms. The highest BCUT2D eigenvalue weighted by Crippen LogP contribution is 2.59. The first-order valence-electron chi connectivity index (χ1n) is 8.02. The number of carbonyl (C=O) groups excluding carboxylic acids is 1. The van der Waals surface area contributed by atoms with Gasteiger partial charge in [0.1, 0.15) is 0 Å². The van der Waals surface area contributed by atoms with Gasteiger partial charge in [0, 0.05) is 0 Å². The minimum atomic E-state index is -3.70. The van der Waals surface area contributed by atoms with Crippen LogP contribution in [0, 0.1) is 17.3 Å². The summed E-state index contributed by atoms with van der Waals surface area (Å²) in [5.74, 6) is 0.267. The summed E-state index contributed by atoms with van der Waals surface area (Å²) in [6.45, 7) is 10.2. The Morgan fingerprint density at radius 2 is 1.79 bits per heavy atom. The molecule has 132 valence electrons. The van der Waals surface area contributed by atoms with Crippen molar-refractivity contribution in [2.45, 2.75) is 45.6 Å². The molecular weight excluding hydrogens is 324 g/mol. The van der Waals surface area contributed by atoms with Crippen molar-refractivity contribution < 1.29 is 13.2 Å². The predicted octanol–water partition coefficient (Wildman–Crippen LogP) is 2.75. The first-order valence-corrected chi connectivity index (χ1v) is 9.57. The number of amides is 1. The predicted molar refractivity (Wildman–Crippen MR) is 94.6 cm³/mol. The average molecular weight is 350 g/mol. The minimum absolute atomic E-state index is 0.0291. The highest BCUT2D eigenvalue weighted by atomic mass is 32.2. The highest BCUT2D eigenvalue weighted by Gasteiger charge is 2.60. The van der Waals surface area contributed by atoms with Gasteiger partial charge < -0.3 is 5.32 Å². The molecule has 24 heavy (non-hydrogen) atoms. The van der Waals surface area contributed by atoms with E-state index in [-0.39, 0.29) is 34.1 Å². The maximum absolute atomic E-state index is 12.6. The van der Waals surface area contributed by atoms with E-state index < -0.39 is 10.0 Å². The number of benzene rings is 1. The molecule has 1 aliphatic rings. The number of rotatable bonds is 5. The zero-order valence-electron chi connectivity index (χ0n) is 14.8. The van der Waals surface area contributed by atoms with Gasteiger partial charge in [-0.05, 0) is 49.8 Å². The summed E-state index contributed by atoms with van der Waals surface area (Å²) in [5, 5.41) is 8.12. The molecule has 0 radical (unpaired) electrons. The lowest BCUT2D eigenvalue weighted by Crippen LogP contribution is -2.29. The Hall–Kier alpha value is -1.66. The second kappa shape index (κ2) is 6.33. The molecule has 0 bridgehead atoms. The van der Waals surface area contributed by atoms with Gasteiger partial charge in [-0.3, -0.25) is 4.79 Å². The maximum atomic E-state index is 12.6. The molecule has 0 aliphatic heterocycles. The summed E-state index contributed by atoms with van der Waals surface area (Å²) in [5.41, 5.74) is 2.03. The fraction of sp³-hybridized carbons (Fsp3) is 0.500. The van der Waals surface area contributed by atoms with E-state index in [4.69, 9.17) is 5.14 Å². The van der Waals surface area contributed by atoms with Gasteiger partial charge in [-0.2, -0.15) is 0 Å². The van der Waals surface area contributed by atoms with E-state index in [2.05, 4.69) is 25.2 Å². The van der Waals surface area contributed by atoms with Crippen LogP contribution in [-0.2, 0) is 14.8 Å². The van der Waals surface area contributed by atoms with E-state index in [1.807, 2.05) is 20.8 Å². The van der Waals surface area contributed by atoms with Gasteiger partial charge in [-0.15, -0.1) is 0 Å². The number of sulfonamides is 1. The van der Waals surface area contributed by atoms with Gasteiger partial charge >= 0.3 is 0 Å². The molecule has 6 heteroatoms. The van der Waals surface area contributed by atoms with E-state index in [9.17, 15) is 13.2 Å². The number of nitrogens with one attached hydrogen (secondary N) is 1. The van der Waals surface area contributed by atoms with Crippen molar-refractivity contribution in [3.05, 3.63) is 41.5 Å². The van der Waals surface area contributed by atoms with Crippen LogP contribution < -0.4 is 10.5 Å². The van der Waals surface area contributed by atoms with Crippen molar-refractivity contribution in [2.24, 2.45) is 22.4 Å². The zero-order chi connectivity index (χ0) is 18.3. The van der Waals surface area contributed by atoms with Crippen LogP contribution in [0.1, 0.15) is 46.2 Å². The Balaban J connectivity index is 2.06. The first-order chi connectivity index (χ1) is 10.9. The van der Waals surface area contributed by atoms with E-state index in [1.54, 1.807) is 12.1 Å². The molecule has 1 aromatic rings. The molecule has 0 unspecified atom stereocenters. The number of hydrogen-bond acceptors (Lipinski definition) is 3. The van der Waals surface area contributed by atoms with Crippen molar-refractivity contribution in [1.29, 1.82) is 0 Å². The standard InChI is InChI=1S/C18H26N2O3S/c1-11(2)10-15-16(18(15,4)5)17(21)20-12(3)13-6-8-14(9-7-13)24(19,22)23/h6-10,12,15-16H,1-5H3,(H,20,21)(H2,19,22,23)/t12-,15+,16-/m0/s1. The van der Waals surface area contributed by atoms with Gasteiger partial charge in [-0.25, -0.2) is 13.6 Å². The molecule has 0 saturated heterocycles. The van der Waals surface area contributed by atoms with E-state index in [1.165, 1.54) is 17.7 Å². The quantitative estimate of drug-likeness (QED) is 0.800. The Morgan fingerprint density at radius 3 is 2.25 bits per heavy atom. The average Bonchev–Trinajstić information content (AvgIpc) is 2.98. The lowest BCUT2D eigenvalue weighted by molar-refractivity contribution is -0.123. The number of carbonyl (C=O) groups is 1. The Morgan fingerprint density at radius 1 is 1.25 bits per heavy atom. The normalized spacial score (nSPS) is 23.2. The van der Waals surface area contributed by atoms with Crippen LogP contribution in [-0.4, -0.2) is 14.3 Å². The maximum Gasteiger partial charge on any atom is 0.238 e. The van der Waals surface area contributed by atoms with Crippen LogP contribution in [0.15, 0.2) is 40.8 Å². The fourth-order valence-corrected chi connectivity index (χ4v) is 3.70. The molecule has 2 rings (SSSR count). The number of primary sulfonamides is 1. The van der Waals surface area contributed by atoms with E-state index in [0.29, 0.717) is 0 Å². The molecule has 3 N–H and O–H groups in total. The molecule has 5 nitrogen and oxygen atoms in total. The van der Waals surface area contributed by atoms with Gasteiger partial charge in [0.05, 0.1) is 16.9 Å². The molecule has 1 aromatic carbocycles. The van der Waals surface area contributed by atoms with Crippen molar-refractivity contribution in [1.82, 2.24) is 5.32 Å². The van der Waals surface area contributed by atoms with Crippen molar-refractivity contribution in [3.8, 4) is 0 Å². The lowest BCUT2D eigenvalue weighted by Gasteiger charge is -2.15. The zero-order valence-corrected chi connectivity index (χ0v) is 15.6. The second-order valence-electron chi connectivity index (χ2n) is 7.41. The van der Waals surface area contributed by atoms with Crippen LogP contribution in [0.25, 0.3) is 0 Å².